The van der Waals surface area contributed by atoms with Gasteiger partial charge in [0, 0.05) is 17.6 Å². The van der Waals surface area contributed by atoms with Gasteiger partial charge in [-0.15, -0.1) is 0 Å². The van der Waals surface area contributed by atoms with Gasteiger partial charge in [-0.2, -0.15) is 0 Å². The summed E-state index contributed by atoms with van der Waals surface area (Å²) in [5.41, 5.74) is 0.397. The molecule has 0 fully saturated rings. The fourth-order valence-electron chi connectivity index (χ4n) is 1.96. The van der Waals surface area contributed by atoms with Crippen LogP contribution in [0.15, 0.2) is 18.2 Å². The van der Waals surface area contributed by atoms with Crippen LogP contribution in [0.4, 0.5) is 8.78 Å². The summed E-state index contributed by atoms with van der Waals surface area (Å²) in [5.74, 6) is -0.745. The molecule has 2 unspecified atom stereocenters. The molecule has 0 aliphatic heterocycles. The third-order valence-corrected chi connectivity index (χ3v) is 2.95. The number of rotatable bonds is 6. The first-order chi connectivity index (χ1) is 8.04. The molecule has 0 bridgehead atoms. The molecule has 0 radical (unpaired) electrons. The number of nitrogens with one attached hydrogen (secondary N) is 1. The van der Waals surface area contributed by atoms with Crippen molar-refractivity contribution in [3.63, 3.8) is 0 Å². The van der Waals surface area contributed by atoms with E-state index in [9.17, 15) is 8.78 Å². The predicted molar refractivity (Wildman–Crippen MR) is 66.9 cm³/mol. The number of hydrogen-bond donors (Lipinski definition) is 1. The lowest BCUT2D eigenvalue weighted by atomic mass is 10.1. The van der Waals surface area contributed by atoms with E-state index < -0.39 is 5.82 Å². The molecule has 96 valence electrons. The molecular weight excluding hydrogens is 220 g/mol. The molecule has 0 aliphatic carbocycles. The summed E-state index contributed by atoms with van der Waals surface area (Å²) in [4.78, 5) is 0. The van der Waals surface area contributed by atoms with E-state index in [4.69, 9.17) is 0 Å². The minimum absolute atomic E-state index is 0.169. The Balaban J connectivity index is 2.62. The summed E-state index contributed by atoms with van der Waals surface area (Å²) < 4.78 is 26.6. The minimum Gasteiger partial charge on any atom is -0.308 e. The fraction of sp³-hybridized carbons (Fsp3) is 0.571. The van der Waals surface area contributed by atoms with Crippen molar-refractivity contribution in [3.8, 4) is 0 Å². The Morgan fingerprint density at radius 1 is 1.24 bits per heavy atom. The fourth-order valence-corrected chi connectivity index (χ4v) is 1.96. The van der Waals surface area contributed by atoms with Crippen molar-refractivity contribution >= 4 is 0 Å². The van der Waals surface area contributed by atoms with E-state index in [0.717, 1.165) is 25.3 Å². The number of unbranched alkanes of at least 4 members (excludes halogenated alkanes) is 1. The van der Waals surface area contributed by atoms with Crippen molar-refractivity contribution in [2.45, 2.75) is 52.1 Å². The highest BCUT2D eigenvalue weighted by molar-refractivity contribution is 5.21. The van der Waals surface area contributed by atoms with Crippen molar-refractivity contribution in [1.82, 2.24) is 5.32 Å². The number of hydrogen-bond acceptors (Lipinski definition) is 1. The second-order valence-electron chi connectivity index (χ2n) is 4.60. The van der Waals surface area contributed by atoms with Gasteiger partial charge in [0.05, 0.1) is 0 Å². The molecule has 1 nitrogen and oxygen atoms in total. The van der Waals surface area contributed by atoms with Crippen LogP contribution < -0.4 is 5.32 Å². The summed E-state index contributed by atoms with van der Waals surface area (Å²) in [7, 11) is 0. The molecule has 1 aromatic rings. The quantitative estimate of drug-likeness (QED) is 0.787. The monoisotopic (exact) mass is 241 g/mol. The van der Waals surface area contributed by atoms with E-state index in [1.165, 1.54) is 12.1 Å². The molecule has 0 spiro atoms. The maximum Gasteiger partial charge on any atom is 0.128 e. The van der Waals surface area contributed by atoms with Crippen LogP contribution in [0, 0.1) is 11.6 Å². The Kier molecular flexibility index (Phi) is 5.56. The average Bonchev–Trinajstić information content (AvgIpc) is 2.29. The second-order valence-corrected chi connectivity index (χ2v) is 4.60. The van der Waals surface area contributed by atoms with Crippen LogP contribution in [0.3, 0.4) is 0 Å². The number of benzene rings is 1. The van der Waals surface area contributed by atoms with Gasteiger partial charge in [-0.3, -0.25) is 0 Å². The Morgan fingerprint density at radius 2 is 1.94 bits per heavy atom. The Morgan fingerprint density at radius 3 is 2.59 bits per heavy atom. The molecule has 1 aromatic carbocycles. The van der Waals surface area contributed by atoms with E-state index in [1.807, 2.05) is 6.92 Å². The van der Waals surface area contributed by atoms with Crippen molar-refractivity contribution in [3.05, 3.63) is 35.4 Å². The van der Waals surface area contributed by atoms with Gasteiger partial charge < -0.3 is 5.32 Å². The van der Waals surface area contributed by atoms with Crippen molar-refractivity contribution in [1.29, 1.82) is 0 Å². The molecule has 1 N–H and O–H groups in total. The molecule has 0 amide bonds. The van der Waals surface area contributed by atoms with E-state index >= 15 is 0 Å². The zero-order valence-corrected chi connectivity index (χ0v) is 10.8. The molecule has 17 heavy (non-hydrogen) atoms. The normalized spacial score (nSPS) is 14.6. The molecule has 0 heterocycles. The van der Waals surface area contributed by atoms with Crippen LogP contribution in [0.2, 0.25) is 0 Å². The topological polar surface area (TPSA) is 12.0 Å². The van der Waals surface area contributed by atoms with Gasteiger partial charge in [0.15, 0.2) is 0 Å². The van der Waals surface area contributed by atoms with Crippen molar-refractivity contribution in [2.24, 2.45) is 0 Å². The standard InChI is InChI=1S/C14H21F2N/c1-4-5-6-10(2)17-11(3)13-9-12(15)7-8-14(13)16/h7-11,17H,4-6H2,1-3H3. The highest BCUT2D eigenvalue weighted by atomic mass is 19.1. The van der Waals surface area contributed by atoms with E-state index in [1.54, 1.807) is 0 Å². The largest absolute Gasteiger partial charge is 0.308 e. The molecule has 0 aliphatic rings. The Bertz CT molecular complexity index is 352. The van der Waals surface area contributed by atoms with Gasteiger partial charge in [0.1, 0.15) is 11.6 Å². The lowest BCUT2D eigenvalue weighted by Gasteiger charge is -2.20. The van der Waals surface area contributed by atoms with Crippen LogP contribution in [0.25, 0.3) is 0 Å². The summed E-state index contributed by atoms with van der Waals surface area (Å²) >= 11 is 0. The Hall–Kier alpha value is -0.960. The third-order valence-electron chi connectivity index (χ3n) is 2.95. The van der Waals surface area contributed by atoms with E-state index in [0.29, 0.717) is 11.6 Å². The lowest BCUT2D eigenvalue weighted by molar-refractivity contribution is 0.431. The molecule has 0 aromatic heterocycles. The van der Waals surface area contributed by atoms with Gasteiger partial charge in [0.25, 0.3) is 0 Å². The Labute approximate surface area is 102 Å². The van der Waals surface area contributed by atoms with Gasteiger partial charge in [0.2, 0.25) is 0 Å². The van der Waals surface area contributed by atoms with Crippen LogP contribution >= 0.6 is 0 Å². The molecule has 3 heteroatoms. The predicted octanol–water partition coefficient (Wildman–Crippen LogP) is 4.19. The molecule has 2 atom stereocenters. The SMILES string of the molecule is CCCCC(C)NC(C)c1cc(F)ccc1F. The molecule has 1 rings (SSSR count). The number of halogens is 2. The third kappa shape index (κ3) is 4.43. The molecule has 0 saturated heterocycles. The molecular formula is C14H21F2N. The first-order valence-corrected chi connectivity index (χ1v) is 6.25. The average molecular weight is 241 g/mol. The maximum absolute atomic E-state index is 13.5. The smallest absolute Gasteiger partial charge is 0.128 e. The van der Waals surface area contributed by atoms with E-state index in [2.05, 4.69) is 19.2 Å². The van der Waals surface area contributed by atoms with Crippen LogP contribution in [0.1, 0.15) is 51.6 Å². The van der Waals surface area contributed by atoms with Crippen molar-refractivity contribution in [2.75, 3.05) is 0 Å². The molecule has 0 saturated carbocycles. The van der Waals surface area contributed by atoms with Gasteiger partial charge in [-0.1, -0.05) is 19.8 Å². The minimum atomic E-state index is -0.392. The van der Waals surface area contributed by atoms with Gasteiger partial charge >= 0.3 is 0 Å². The zero-order chi connectivity index (χ0) is 12.8. The summed E-state index contributed by atoms with van der Waals surface area (Å²) in [6.45, 7) is 6.08. The van der Waals surface area contributed by atoms with Gasteiger partial charge in [-0.05, 0) is 38.5 Å². The van der Waals surface area contributed by atoms with Crippen LogP contribution in [0.5, 0.6) is 0 Å². The summed E-state index contributed by atoms with van der Waals surface area (Å²) in [6.07, 6.45) is 3.35. The van der Waals surface area contributed by atoms with Gasteiger partial charge in [-0.25, -0.2) is 8.78 Å². The second kappa shape index (κ2) is 6.70. The summed E-state index contributed by atoms with van der Waals surface area (Å²) in [6, 6.07) is 3.73. The summed E-state index contributed by atoms with van der Waals surface area (Å²) in [5, 5.41) is 3.29. The maximum atomic E-state index is 13.5. The van der Waals surface area contributed by atoms with E-state index in [-0.39, 0.29) is 11.9 Å². The first kappa shape index (κ1) is 14.1. The zero-order valence-electron chi connectivity index (χ0n) is 10.8. The van der Waals surface area contributed by atoms with Crippen LogP contribution in [-0.4, -0.2) is 6.04 Å². The highest BCUT2D eigenvalue weighted by Crippen LogP contribution is 2.19. The lowest BCUT2D eigenvalue weighted by Crippen LogP contribution is -2.29. The first-order valence-electron chi connectivity index (χ1n) is 6.25. The van der Waals surface area contributed by atoms with Crippen LogP contribution in [-0.2, 0) is 0 Å². The highest BCUT2D eigenvalue weighted by Gasteiger charge is 2.13. The van der Waals surface area contributed by atoms with Crippen molar-refractivity contribution < 1.29 is 8.78 Å².